The van der Waals surface area contributed by atoms with E-state index >= 15 is 0 Å². The fraction of sp³-hybridized carbons (Fsp3) is 0.929. The molecule has 8 atom stereocenters. The van der Waals surface area contributed by atoms with E-state index in [-0.39, 0.29) is 10.3 Å². The standard InChI is InChI=1S/C8H9O2.C6H7O.Fe/c1-2-10-8(9)7-5-3-4-6-7;1-7-6-4-2-3-5-6;/h3-6H,2H2,1H3;2-5H,1H3;. The summed E-state index contributed by atoms with van der Waals surface area (Å²) in [4.78, 5) is 21.0. The molecule has 98 valence electrons. The topological polar surface area (TPSA) is 35.5 Å². The summed E-state index contributed by atoms with van der Waals surface area (Å²) in [5.74, 6) is 0.271. The van der Waals surface area contributed by atoms with Crippen LogP contribution in [-0.4, -0.2) is 24.2 Å². The van der Waals surface area contributed by atoms with E-state index in [4.69, 9.17) is 9.47 Å². The average Bonchev–Trinajstić information content (AvgIpc) is 3.31. The van der Waals surface area contributed by atoms with Crippen LogP contribution in [0.2, 0.25) is 42.8 Å². The summed E-state index contributed by atoms with van der Waals surface area (Å²) >= 11 is 0. The molecule has 18 heavy (non-hydrogen) atoms. The molecular weight excluding hydrogens is 272 g/mol. The number of methoxy groups -OCH3 is 1. The molecule has 0 radical (unpaired) electrons. The van der Waals surface area contributed by atoms with Crippen LogP contribution in [-0.2, 0) is 20.8 Å². The van der Waals surface area contributed by atoms with Gasteiger partial charge in [0.1, 0.15) is 0 Å². The van der Waals surface area contributed by atoms with E-state index in [0.717, 1.165) is 38.5 Å². The predicted octanol–water partition coefficient (Wildman–Crippen LogP) is 2.86. The van der Waals surface area contributed by atoms with Crippen molar-refractivity contribution in [3.63, 3.8) is 0 Å². The molecule has 10 aliphatic heterocycles. The number of carbonyl (C=O) groups excluding carboxylic acids is 1. The minimum absolute atomic E-state index is 0.181. The van der Waals surface area contributed by atoms with Crippen LogP contribution in [0, 0.1) is 0 Å². The van der Waals surface area contributed by atoms with Gasteiger partial charge in [0.05, 0.1) is 0 Å². The molecule has 4 heteroatoms. The zero-order valence-electron chi connectivity index (χ0n) is 10.4. The Hall–Kier alpha value is -0.0505. The van der Waals surface area contributed by atoms with Crippen LogP contribution in [0.15, 0.2) is 0 Å². The Labute approximate surface area is 94.9 Å². The molecule has 0 aliphatic carbocycles. The second kappa shape index (κ2) is 0.570. The number of carbonyl (C=O) groups is 1. The number of ether oxygens (including phenoxy) is 2. The van der Waals surface area contributed by atoms with Crippen LogP contribution in [0.4, 0.5) is 0 Å². The molecule has 0 aromatic carbocycles. The molecular formula is C14H16FeO3. The summed E-state index contributed by atoms with van der Waals surface area (Å²) in [5.41, 5.74) is 0. The first-order valence-corrected chi connectivity index (χ1v) is 13.6. The van der Waals surface area contributed by atoms with E-state index in [9.17, 15) is 4.79 Å². The molecule has 0 bridgehead atoms. The number of esters is 1. The van der Waals surface area contributed by atoms with Gasteiger partial charge in [0.2, 0.25) is 0 Å². The van der Waals surface area contributed by atoms with Gasteiger partial charge in [-0.05, 0) is 0 Å². The zero-order valence-corrected chi connectivity index (χ0v) is 11.5. The molecule has 0 amide bonds. The van der Waals surface area contributed by atoms with Crippen LogP contribution in [0.25, 0.3) is 0 Å². The van der Waals surface area contributed by atoms with E-state index in [1.54, 1.807) is 0 Å². The number of hydrogen-bond donors (Lipinski definition) is 0. The first kappa shape index (κ1) is 7.10. The molecule has 10 heterocycles. The van der Waals surface area contributed by atoms with E-state index in [0.29, 0.717) is 11.1 Å². The Morgan fingerprint density at radius 2 is 1.67 bits per heavy atom. The fourth-order valence-corrected chi connectivity index (χ4v) is 91.9. The molecule has 0 N–H and O–H groups in total. The van der Waals surface area contributed by atoms with Crippen LogP contribution in [0.5, 0.6) is 0 Å². The van der Waals surface area contributed by atoms with E-state index in [1.807, 2.05) is 14.0 Å². The van der Waals surface area contributed by atoms with Crippen molar-refractivity contribution < 1.29 is 20.8 Å². The minimum atomic E-state index is -3.57. The van der Waals surface area contributed by atoms with E-state index in [1.165, 1.54) is 0 Å². The first-order valence-electron chi connectivity index (χ1n) is 7.41. The van der Waals surface area contributed by atoms with E-state index < -0.39 is 6.51 Å². The quantitative estimate of drug-likeness (QED) is 0.591. The molecule has 0 aromatic rings. The van der Waals surface area contributed by atoms with Crippen molar-refractivity contribution in [3.05, 3.63) is 0 Å². The van der Waals surface area contributed by atoms with Gasteiger partial charge < -0.3 is 0 Å². The molecule has 1 spiro atoms. The fourth-order valence-electron chi connectivity index (χ4n) is 17.7. The summed E-state index contributed by atoms with van der Waals surface area (Å²) < 4.78 is 12.4. The van der Waals surface area contributed by atoms with Gasteiger partial charge in [-0.25, -0.2) is 0 Å². The van der Waals surface area contributed by atoms with Gasteiger partial charge in [0.25, 0.3) is 0 Å². The van der Waals surface area contributed by atoms with Gasteiger partial charge in [-0.2, -0.15) is 0 Å². The number of fused-ring (bicyclic) bond motifs is 10. The molecule has 8 unspecified atom stereocenters. The van der Waals surface area contributed by atoms with Crippen molar-refractivity contribution >= 4 is 5.97 Å². The summed E-state index contributed by atoms with van der Waals surface area (Å²) in [6, 6.07) is 0. The number of rotatable bonds is 3. The third kappa shape index (κ3) is 0.0630. The van der Waals surface area contributed by atoms with Crippen molar-refractivity contribution in [2.24, 2.45) is 0 Å². The van der Waals surface area contributed by atoms with Crippen LogP contribution in [0.3, 0.4) is 0 Å². The molecule has 0 saturated carbocycles. The molecule has 10 aliphatic rings. The monoisotopic (exact) mass is 288 g/mol. The summed E-state index contributed by atoms with van der Waals surface area (Å²) in [7, 11) is 1.97. The third-order valence-corrected chi connectivity index (χ3v) is 57.9. The summed E-state index contributed by atoms with van der Waals surface area (Å²) in [6.07, 6.45) is 0. The van der Waals surface area contributed by atoms with Gasteiger partial charge in [-0.3, -0.25) is 0 Å². The second-order valence-electron chi connectivity index (χ2n) is 10.6. The predicted molar refractivity (Wildman–Crippen MR) is 59.1 cm³/mol. The molecule has 10 rings (SSSR count). The van der Waals surface area contributed by atoms with Gasteiger partial charge in [-0.1, -0.05) is 0 Å². The Morgan fingerprint density at radius 3 is 2.00 bits per heavy atom. The van der Waals surface area contributed by atoms with Crippen molar-refractivity contribution in [3.8, 4) is 0 Å². The summed E-state index contributed by atoms with van der Waals surface area (Å²) in [6.45, 7) is -1.03. The third-order valence-electron chi connectivity index (χ3n) is 15.6. The van der Waals surface area contributed by atoms with Gasteiger partial charge in [0, 0.05) is 0 Å². The molecule has 0 aromatic heterocycles. The van der Waals surface area contributed by atoms with Crippen molar-refractivity contribution in [1.29, 1.82) is 0 Å². The van der Waals surface area contributed by atoms with E-state index in [2.05, 4.69) is 0 Å². The van der Waals surface area contributed by atoms with Crippen LogP contribution >= 0.6 is 0 Å². The van der Waals surface area contributed by atoms with Crippen molar-refractivity contribution in [2.75, 3.05) is 13.7 Å². The maximum atomic E-state index is 12.8. The molecule has 10 fully saturated rings. The Morgan fingerprint density at radius 1 is 1.11 bits per heavy atom. The Bertz CT molecular complexity index is 1050. The Kier molecular flexibility index (Phi) is 0.225. The molecule has 10 saturated heterocycles. The first-order chi connectivity index (χ1) is 8.47. The SMILES string of the molecule is CCOC(=O)[C]12[CH]3[CH]4[CH]5[CH]1[Fe]45321678[CH]2[CH]1[CH]6[C]7(OC)[CH]28. The van der Waals surface area contributed by atoms with Crippen molar-refractivity contribution in [1.82, 2.24) is 0 Å². The van der Waals surface area contributed by atoms with Gasteiger partial charge in [0.15, 0.2) is 0 Å². The normalized spacial score (nSPS) is 117. The second-order valence-corrected chi connectivity index (χ2v) is 33.8. The number of hydrogen-bond acceptors (Lipinski definition) is 3. The van der Waals surface area contributed by atoms with Gasteiger partial charge in [-0.15, -0.1) is 0 Å². The summed E-state index contributed by atoms with van der Waals surface area (Å²) in [5, 5.41) is 0. The van der Waals surface area contributed by atoms with Crippen LogP contribution < -0.4 is 0 Å². The van der Waals surface area contributed by atoms with Crippen LogP contribution in [0.1, 0.15) is 6.92 Å². The van der Waals surface area contributed by atoms with Gasteiger partial charge >= 0.3 is 94.7 Å². The Balaban J connectivity index is 1.57. The zero-order chi connectivity index (χ0) is 11.6. The van der Waals surface area contributed by atoms with Crippen molar-refractivity contribution in [2.45, 2.75) is 54.3 Å². The maximum absolute atomic E-state index is 12.8. The molecule has 3 nitrogen and oxygen atoms in total. The average molecular weight is 288 g/mol.